The molecule has 0 bridgehead atoms. The topological polar surface area (TPSA) is 26.3 Å². The van der Waals surface area contributed by atoms with Gasteiger partial charge in [-0.25, -0.2) is 0 Å². The Morgan fingerprint density at radius 3 is 2.71 bits per heavy atom. The average Bonchev–Trinajstić information content (AvgIpc) is 2.73. The fourth-order valence-electron chi connectivity index (χ4n) is 2.29. The minimum atomic E-state index is -0.00546. The lowest BCUT2D eigenvalue weighted by Gasteiger charge is -2.14. The van der Waals surface area contributed by atoms with E-state index >= 15 is 0 Å². The van der Waals surface area contributed by atoms with Crippen molar-refractivity contribution in [2.75, 3.05) is 6.61 Å². The van der Waals surface area contributed by atoms with Gasteiger partial charge < -0.3 is 4.74 Å². The minimum Gasteiger partial charge on any atom is -0.374 e. The Balaban J connectivity index is 2.10. The van der Waals surface area contributed by atoms with Crippen LogP contribution in [-0.4, -0.2) is 18.5 Å². The quantitative estimate of drug-likeness (QED) is 0.794. The predicted octanol–water partition coefficient (Wildman–Crippen LogP) is 3.09. The number of rotatable bonds is 4. The van der Waals surface area contributed by atoms with Gasteiger partial charge in [-0.2, -0.15) is 0 Å². The van der Waals surface area contributed by atoms with Crippen molar-refractivity contribution >= 4 is 5.78 Å². The van der Waals surface area contributed by atoms with Crippen LogP contribution in [0, 0.1) is 0 Å². The Morgan fingerprint density at radius 2 is 2.06 bits per heavy atom. The molecule has 0 amide bonds. The fraction of sp³-hybridized carbons (Fsp3) is 0.400. The molecule has 2 atom stereocenters. The summed E-state index contributed by atoms with van der Waals surface area (Å²) in [5.41, 5.74) is 2.22. The number of ether oxygens (including phenoxy) is 1. The lowest BCUT2D eigenvalue weighted by molar-refractivity contribution is -0.115. The zero-order chi connectivity index (χ0) is 12.3. The maximum absolute atomic E-state index is 12.0. The van der Waals surface area contributed by atoms with Gasteiger partial charge in [-0.15, -0.1) is 0 Å². The van der Waals surface area contributed by atoms with Crippen molar-refractivity contribution in [1.82, 2.24) is 0 Å². The molecule has 0 fully saturated rings. The molecule has 2 nitrogen and oxygen atoms in total. The third kappa shape index (κ3) is 2.64. The van der Waals surface area contributed by atoms with E-state index < -0.39 is 0 Å². The first-order valence-electron chi connectivity index (χ1n) is 6.13. The molecular formula is C15H18O2. The van der Waals surface area contributed by atoms with E-state index in [1.54, 1.807) is 6.08 Å². The van der Waals surface area contributed by atoms with Crippen LogP contribution in [-0.2, 0) is 9.53 Å². The lowest BCUT2D eigenvalue weighted by Crippen LogP contribution is -2.11. The molecule has 1 aliphatic carbocycles. The van der Waals surface area contributed by atoms with Crippen LogP contribution in [0.15, 0.2) is 42.0 Å². The normalized spacial score (nSPS) is 21.4. The van der Waals surface area contributed by atoms with E-state index in [4.69, 9.17) is 4.74 Å². The van der Waals surface area contributed by atoms with Crippen molar-refractivity contribution < 1.29 is 9.53 Å². The summed E-state index contributed by atoms with van der Waals surface area (Å²) in [6.07, 6.45) is 2.61. The molecule has 17 heavy (non-hydrogen) atoms. The van der Waals surface area contributed by atoms with Crippen molar-refractivity contribution in [2.45, 2.75) is 32.3 Å². The molecule has 0 saturated heterocycles. The minimum absolute atomic E-state index is 0.00546. The van der Waals surface area contributed by atoms with Gasteiger partial charge in [0.25, 0.3) is 0 Å². The molecule has 90 valence electrons. The number of hydrogen-bond acceptors (Lipinski definition) is 2. The molecule has 1 aromatic rings. The van der Waals surface area contributed by atoms with Crippen LogP contribution in [0.5, 0.6) is 0 Å². The Bertz CT molecular complexity index is 420. The predicted molar refractivity (Wildman–Crippen MR) is 68.0 cm³/mol. The van der Waals surface area contributed by atoms with Crippen LogP contribution in [0.3, 0.4) is 0 Å². The van der Waals surface area contributed by atoms with Gasteiger partial charge >= 0.3 is 0 Å². The zero-order valence-corrected chi connectivity index (χ0v) is 10.3. The van der Waals surface area contributed by atoms with Crippen LogP contribution in [0.25, 0.3) is 0 Å². The van der Waals surface area contributed by atoms with E-state index in [9.17, 15) is 4.79 Å². The summed E-state index contributed by atoms with van der Waals surface area (Å²) in [4.78, 5) is 12.0. The molecule has 0 radical (unpaired) electrons. The van der Waals surface area contributed by atoms with E-state index in [-0.39, 0.29) is 17.8 Å². The SMILES string of the molecule is CCOC(C)C1=CC(=O)C(c2ccccc2)C1. The third-order valence-corrected chi connectivity index (χ3v) is 3.25. The van der Waals surface area contributed by atoms with Crippen LogP contribution >= 0.6 is 0 Å². The molecule has 0 spiro atoms. The fourth-order valence-corrected chi connectivity index (χ4v) is 2.29. The Kier molecular flexibility index (Phi) is 3.75. The molecule has 1 aliphatic rings. The van der Waals surface area contributed by atoms with E-state index in [1.165, 1.54) is 0 Å². The third-order valence-electron chi connectivity index (χ3n) is 3.25. The van der Waals surface area contributed by atoms with Gasteiger partial charge in [0, 0.05) is 6.61 Å². The van der Waals surface area contributed by atoms with Crippen LogP contribution in [0.1, 0.15) is 31.7 Å². The summed E-state index contributed by atoms with van der Waals surface area (Å²) in [7, 11) is 0. The number of carbonyl (C=O) groups excluding carboxylic acids is 1. The second-order valence-electron chi connectivity index (χ2n) is 4.39. The van der Waals surface area contributed by atoms with Crippen LogP contribution in [0.2, 0.25) is 0 Å². The number of allylic oxidation sites excluding steroid dienone is 1. The van der Waals surface area contributed by atoms with Gasteiger partial charge in [0.05, 0.1) is 12.0 Å². The highest BCUT2D eigenvalue weighted by atomic mass is 16.5. The molecule has 0 saturated carbocycles. The summed E-state index contributed by atoms with van der Waals surface area (Å²) in [6, 6.07) is 9.97. The van der Waals surface area contributed by atoms with E-state index in [2.05, 4.69) is 0 Å². The van der Waals surface area contributed by atoms with Crippen molar-refractivity contribution in [3.8, 4) is 0 Å². The smallest absolute Gasteiger partial charge is 0.163 e. The number of carbonyl (C=O) groups is 1. The molecule has 2 heteroatoms. The Labute approximate surface area is 102 Å². The second kappa shape index (κ2) is 5.28. The van der Waals surface area contributed by atoms with Crippen LogP contribution < -0.4 is 0 Å². The first kappa shape index (κ1) is 12.1. The van der Waals surface area contributed by atoms with Gasteiger partial charge in [-0.05, 0) is 37.5 Å². The Hall–Kier alpha value is -1.41. The maximum Gasteiger partial charge on any atom is 0.163 e. The lowest BCUT2D eigenvalue weighted by atomic mass is 9.94. The molecule has 1 aromatic carbocycles. The van der Waals surface area contributed by atoms with Crippen molar-refractivity contribution in [1.29, 1.82) is 0 Å². The summed E-state index contributed by atoms with van der Waals surface area (Å²) in [5.74, 6) is 0.201. The number of benzene rings is 1. The molecule has 0 N–H and O–H groups in total. The number of hydrogen-bond donors (Lipinski definition) is 0. The van der Waals surface area contributed by atoms with E-state index in [0.717, 1.165) is 17.6 Å². The molecule has 0 aromatic heterocycles. The molecule has 0 heterocycles. The summed E-state index contributed by atoms with van der Waals surface area (Å²) in [5, 5.41) is 0. The largest absolute Gasteiger partial charge is 0.374 e. The average molecular weight is 230 g/mol. The van der Waals surface area contributed by atoms with E-state index in [0.29, 0.717) is 6.61 Å². The maximum atomic E-state index is 12.0. The van der Waals surface area contributed by atoms with Gasteiger partial charge in [0.1, 0.15) is 0 Å². The summed E-state index contributed by atoms with van der Waals surface area (Å²) >= 11 is 0. The van der Waals surface area contributed by atoms with Crippen molar-refractivity contribution in [3.63, 3.8) is 0 Å². The van der Waals surface area contributed by atoms with Gasteiger partial charge in [0.15, 0.2) is 5.78 Å². The highest BCUT2D eigenvalue weighted by Gasteiger charge is 2.29. The van der Waals surface area contributed by atoms with Gasteiger partial charge in [0.2, 0.25) is 0 Å². The standard InChI is InChI=1S/C15H18O2/c1-3-17-11(2)13-9-14(15(16)10-13)12-7-5-4-6-8-12/h4-8,10-11,14H,3,9H2,1-2H3. The summed E-state index contributed by atoms with van der Waals surface area (Å²) < 4.78 is 5.54. The summed E-state index contributed by atoms with van der Waals surface area (Å²) in [6.45, 7) is 4.67. The molecule has 2 unspecified atom stereocenters. The van der Waals surface area contributed by atoms with Gasteiger partial charge in [-0.1, -0.05) is 30.3 Å². The highest BCUT2D eigenvalue weighted by molar-refractivity contribution is 5.99. The first-order chi connectivity index (χ1) is 8.22. The molecule has 2 rings (SSSR count). The van der Waals surface area contributed by atoms with E-state index in [1.807, 2.05) is 44.2 Å². The molecular weight excluding hydrogens is 212 g/mol. The monoisotopic (exact) mass is 230 g/mol. The zero-order valence-electron chi connectivity index (χ0n) is 10.3. The van der Waals surface area contributed by atoms with Crippen molar-refractivity contribution in [2.24, 2.45) is 0 Å². The highest BCUT2D eigenvalue weighted by Crippen LogP contribution is 2.33. The number of ketones is 1. The Morgan fingerprint density at radius 1 is 1.35 bits per heavy atom. The van der Waals surface area contributed by atoms with Crippen LogP contribution in [0.4, 0.5) is 0 Å². The molecule has 0 aliphatic heterocycles. The van der Waals surface area contributed by atoms with Gasteiger partial charge in [-0.3, -0.25) is 4.79 Å². The first-order valence-corrected chi connectivity index (χ1v) is 6.13. The second-order valence-corrected chi connectivity index (χ2v) is 4.39. The van der Waals surface area contributed by atoms with Crippen molar-refractivity contribution in [3.05, 3.63) is 47.5 Å².